The lowest BCUT2D eigenvalue weighted by atomic mass is 9.92. The van der Waals surface area contributed by atoms with E-state index < -0.39 is 17.4 Å². The summed E-state index contributed by atoms with van der Waals surface area (Å²) in [7, 11) is 1.33. The average Bonchev–Trinajstić information content (AvgIpc) is 3.44. The van der Waals surface area contributed by atoms with Crippen LogP contribution < -0.4 is 10.1 Å². The molecule has 1 amide bonds. The minimum Gasteiger partial charge on any atom is -0.475 e. The van der Waals surface area contributed by atoms with Gasteiger partial charge in [0.25, 0.3) is 5.91 Å². The molecular formula is C21H30N2O5. The number of methoxy groups -OCH3 is 1. The first-order valence-electron chi connectivity index (χ1n) is 10.2. The van der Waals surface area contributed by atoms with Crippen LogP contribution in [-0.4, -0.2) is 48.8 Å². The van der Waals surface area contributed by atoms with Gasteiger partial charge in [0.15, 0.2) is 0 Å². The first kappa shape index (κ1) is 20.6. The van der Waals surface area contributed by atoms with Gasteiger partial charge in [0.05, 0.1) is 13.2 Å². The van der Waals surface area contributed by atoms with Crippen LogP contribution in [0.4, 0.5) is 0 Å². The Bertz CT molecular complexity index is 707. The molecule has 1 saturated carbocycles. The summed E-state index contributed by atoms with van der Waals surface area (Å²) in [6.45, 7) is 4.90. The molecule has 28 heavy (non-hydrogen) atoms. The van der Waals surface area contributed by atoms with Gasteiger partial charge in [-0.15, -0.1) is 0 Å². The number of esters is 1. The summed E-state index contributed by atoms with van der Waals surface area (Å²) in [6.07, 6.45) is 5.20. The number of nitrogens with one attached hydrogen (secondary N) is 1. The molecule has 1 aliphatic carbocycles. The van der Waals surface area contributed by atoms with Crippen LogP contribution in [0.2, 0.25) is 0 Å². The summed E-state index contributed by atoms with van der Waals surface area (Å²) >= 11 is 0. The van der Waals surface area contributed by atoms with Gasteiger partial charge in [0, 0.05) is 12.2 Å². The average molecular weight is 390 g/mol. The van der Waals surface area contributed by atoms with Crippen LogP contribution in [0.3, 0.4) is 0 Å². The molecule has 2 aliphatic rings. The predicted molar refractivity (Wildman–Crippen MR) is 103 cm³/mol. The van der Waals surface area contributed by atoms with Crippen molar-refractivity contribution in [2.24, 2.45) is 0 Å². The zero-order chi connectivity index (χ0) is 20.1. The van der Waals surface area contributed by atoms with Crippen LogP contribution in [0, 0.1) is 0 Å². The lowest BCUT2D eigenvalue weighted by Crippen LogP contribution is -2.54. The number of amides is 1. The third kappa shape index (κ3) is 4.46. The summed E-state index contributed by atoms with van der Waals surface area (Å²) in [5.41, 5.74) is 0.225. The summed E-state index contributed by atoms with van der Waals surface area (Å²) < 4.78 is 16.5. The van der Waals surface area contributed by atoms with E-state index in [9.17, 15) is 9.59 Å². The molecule has 2 fully saturated rings. The van der Waals surface area contributed by atoms with E-state index in [1.807, 2.05) is 19.9 Å². The molecule has 0 aromatic carbocycles. The van der Waals surface area contributed by atoms with E-state index in [4.69, 9.17) is 14.2 Å². The molecule has 3 rings (SSSR count). The number of ether oxygens (including phenoxy) is 3. The van der Waals surface area contributed by atoms with Crippen molar-refractivity contribution in [3.8, 4) is 5.88 Å². The van der Waals surface area contributed by atoms with Crippen molar-refractivity contribution in [1.29, 1.82) is 0 Å². The van der Waals surface area contributed by atoms with Gasteiger partial charge in [-0.05, 0) is 50.5 Å². The van der Waals surface area contributed by atoms with E-state index in [1.165, 1.54) is 7.11 Å². The Hall–Kier alpha value is -2.15. The maximum atomic E-state index is 12.8. The lowest BCUT2D eigenvalue weighted by Gasteiger charge is -2.29. The highest BCUT2D eigenvalue weighted by Crippen LogP contribution is 2.43. The van der Waals surface area contributed by atoms with E-state index in [0.717, 1.165) is 37.9 Å². The van der Waals surface area contributed by atoms with Crippen molar-refractivity contribution >= 4 is 11.9 Å². The number of carbonyl (C=O) groups is 2. The Morgan fingerprint density at radius 1 is 1.25 bits per heavy atom. The number of pyridine rings is 1. The summed E-state index contributed by atoms with van der Waals surface area (Å²) in [4.78, 5) is 29.6. The Morgan fingerprint density at radius 3 is 2.57 bits per heavy atom. The Kier molecular flexibility index (Phi) is 6.54. The number of aromatic nitrogens is 1. The molecule has 7 nitrogen and oxygen atoms in total. The van der Waals surface area contributed by atoms with E-state index in [0.29, 0.717) is 31.2 Å². The van der Waals surface area contributed by atoms with Crippen molar-refractivity contribution in [1.82, 2.24) is 10.3 Å². The largest absolute Gasteiger partial charge is 0.475 e. The first-order valence-corrected chi connectivity index (χ1v) is 10.2. The molecule has 154 valence electrons. The van der Waals surface area contributed by atoms with Crippen LogP contribution in [0.15, 0.2) is 12.1 Å². The second-order valence-corrected chi connectivity index (χ2v) is 7.55. The van der Waals surface area contributed by atoms with E-state index in [-0.39, 0.29) is 11.8 Å². The smallest absolute Gasteiger partial charge is 0.331 e. The zero-order valence-electron chi connectivity index (χ0n) is 17.0. The van der Waals surface area contributed by atoms with E-state index >= 15 is 0 Å². The first-order chi connectivity index (χ1) is 13.5. The van der Waals surface area contributed by atoms with Gasteiger partial charge >= 0.3 is 5.97 Å². The van der Waals surface area contributed by atoms with Crippen LogP contribution in [-0.2, 0) is 14.3 Å². The fraction of sp³-hybridized carbons (Fsp3) is 0.667. The van der Waals surface area contributed by atoms with Gasteiger partial charge in [-0.2, -0.15) is 0 Å². The number of carbonyl (C=O) groups excluding carboxylic acids is 2. The second-order valence-electron chi connectivity index (χ2n) is 7.55. The normalized spacial score (nSPS) is 19.3. The minimum atomic E-state index is -1.05. The Labute approximate surface area is 166 Å². The maximum Gasteiger partial charge on any atom is 0.331 e. The summed E-state index contributed by atoms with van der Waals surface area (Å²) in [5.74, 6) is 0.0978. The third-order valence-corrected chi connectivity index (χ3v) is 5.71. The SMILES string of the molecule is CCC(CC)(NC(=O)c1ccc(C2CC2)c(OCC2CCCO2)n1)C(=O)OC. The molecule has 0 spiro atoms. The molecule has 1 N–H and O–H groups in total. The quantitative estimate of drug-likeness (QED) is 0.653. The highest BCUT2D eigenvalue weighted by Gasteiger charge is 2.38. The van der Waals surface area contributed by atoms with Gasteiger partial charge in [0.2, 0.25) is 5.88 Å². The van der Waals surface area contributed by atoms with Gasteiger partial charge in [-0.25, -0.2) is 9.78 Å². The molecule has 1 unspecified atom stereocenters. The van der Waals surface area contributed by atoms with E-state index in [2.05, 4.69) is 10.3 Å². The van der Waals surface area contributed by atoms with Crippen LogP contribution >= 0.6 is 0 Å². The van der Waals surface area contributed by atoms with Crippen LogP contribution in [0.1, 0.15) is 74.3 Å². The second kappa shape index (κ2) is 8.90. The van der Waals surface area contributed by atoms with Gasteiger partial charge in [-0.1, -0.05) is 19.9 Å². The molecule has 1 aliphatic heterocycles. The van der Waals surface area contributed by atoms with Crippen molar-refractivity contribution in [2.45, 2.75) is 69.9 Å². The fourth-order valence-electron chi connectivity index (χ4n) is 3.59. The number of rotatable bonds is 9. The highest BCUT2D eigenvalue weighted by atomic mass is 16.5. The molecule has 1 saturated heterocycles. The third-order valence-electron chi connectivity index (χ3n) is 5.71. The maximum absolute atomic E-state index is 12.8. The highest BCUT2D eigenvalue weighted by molar-refractivity contribution is 5.96. The standard InChI is InChI=1S/C21H30N2O5/c1-4-21(5-2,20(25)26-3)23-18(24)17-11-10-16(14-8-9-14)19(22-17)28-13-15-7-6-12-27-15/h10-11,14-15H,4-9,12-13H2,1-3H3,(H,23,24). The lowest BCUT2D eigenvalue weighted by molar-refractivity contribution is -0.148. The van der Waals surface area contributed by atoms with Crippen molar-refractivity contribution < 1.29 is 23.8 Å². The van der Waals surface area contributed by atoms with Crippen LogP contribution in [0.5, 0.6) is 5.88 Å². The van der Waals surface area contributed by atoms with Crippen molar-refractivity contribution in [3.05, 3.63) is 23.4 Å². The van der Waals surface area contributed by atoms with Gasteiger partial charge in [0.1, 0.15) is 17.8 Å². The summed E-state index contributed by atoms with van der Waals surface area (Å²) in [5, 5.41) is 2.83. The predicted octanol–water partition coefficient (Wildman–Crippen LogP) is 2.98. The number of hydrogen-bond donors (Lipinski definition) is 1. The zero-order valence-corrected chi connectivity index (χ0v) is 17.0. The Morgan fingerprint density at radius 2 is 2.00 bits per heavy atom. The fourth-order valence-corrected chi connectivity index (χ4v) is 3.59. The molecule has 1 aromatic heterocycles. The van der Waals surface area contributed by atoms with E-state index in [1.54, 1.807) is 6.07 Å². The van der Waals surface area contributed by atoms with Crippen molar-refractivity contribution in [2.75, 3.05) is 20.3 Å². The molecular weight excluding hydrogens is 360 g/mol. The topological polar surface area (TPSA) is 86.8 Å². The number of nitrogens with zero attached hydrogens (tertiary/aromatic N) is 1. The molecule has 7 heteroatoms. The number of hydrogen-bond acceptors (Lipinski definition) is 6. The van der Waals surface area contributed by atoms with Crippen molar-refractivity contribution in [3.63, 3.8) is 0 Å². The minimum absolute atomic E-state index is 0.0819. The Balaban J connectivity index is 1.77. The van der Waals surface area contributed by atoms with Gasteiger partial charge < -0.3 is 19.5 Å². The molecule has 1 atom stereocenters. The monoisotopic (exact) mass is 390 g/mol. The molecule has 0 radical (unpaired) electrons. The summed E-state index contributed by atoms with van der Waals surface area (Å²) in [6, 6.07) is 3.62. The molecule has 2 heterocycles. The molecule has 0 bridgehead atoms. The molecule has 1 aromatic rings. The van der Waals surface area contributed by atoms with Gasteiger partial charge in [-0.3, -0.25) is 4.79 Å². The van der Waals surface area contributed by atoms with Crippen LogP contribution in [0.25, 0.3) is 0 Å².